The Morgan fingerprint density at radius 2 is 2.31 bits per heavy atom. The molecule has 0 radical (unpaired) electrons. The van der Waals surface area contributed by atoms with Gasteiger partial charge in [-0.1, -0.05) is 5.16 Å². The largest absolute Gasteiger partial charge is 0.391 e. The SMILES string of the molecule is Nc1ccc(-c2nc(-c3ncc[nH]3)no2)s1. The number of anilines is 1. The maximum absolute atomic E-state index is 5.63. The standard InChI is InChI=1S/C9H7N5OS/c10-6-2-1-5(16-6)9-13-8(14-15-9)7-11-3-4-12-7/h1-4H,10H2,(H,11,12). The number of nitrogens with zero attached hydrogens (tertiary/aromatic N) is 3. The van der Waals surface area contributed by atoms with Gasteiger partial charge in [-0.05, 0) is 12.1 Å². The molecule has 80 valence electrons. The van der Waals surface area contributed by atoms with E-state index in [9.17, 15) is 0 Å². The van der Waals surface area contributed by atoms with Gasteiger partial charge in [-0.25, -0.2) is 4.98 Å². The van der Waals surface area contributed by atoms with Crippen LogP contribution in [-0.2, 0) is 0 Å². The first-order valence-electron chi connectivity index (χ1n) is 4.52. The van der Waals surface area contributed by atoms with Gasteiger partial charge in [-0.3, -0.25) is 0 Å². The van der Waals surface area contributed by atoms with Crippen LogP contribution < -0.4 is 5.73 Å². The van der Waals surface area contributed by atoms with Crippen molar-refractivity contribution in [2.24, 2.45) is 0 Å². The van der Waals surface area contributed by atoms with Crippen molar-refractivity contribution < 1.29 is 4.52 Å². The van der Waals surface area contributed by atoms with Crippen molar-refractivity contribution >= 4 is 16.3 Å². The van der Waals surface area contributed by atoms with E-state index in [-0.39, 0.29) is 0 Å². The molecule has 3 N–H and O–H groups in total. The van der Waals surface area contributed by atoms with Crippen molar-refractivity contribution in [2.75, 3.05) is 5.73 Å². The number of nitrogen functional groups attached to an aromatic ring is 1. The van der Waals surface area contributed by atoms with E-state index in [1.165, 1.54) is 11.3 Å². The van der Waals surface area contributed by atoms with Gasteiger partial charge in [0.15, 0.2) is 5.82 Å². The van der Waals surface area contributed by atoms with Gasteiger partial charge in [-0.15, -0.1) is 11.3 Å². The molecular formula is C9H7N5OS. The van der Waals surface area contributed by atoms with Crippen LogP contribution >= 0.6 is 11.3 Å². The third-order valence-electron chi connectivity index (χ3n) is 1.97. The van der Waals surface area contributed by atoms with Gasteiger partial charge < -0.3 is 15.2 Å². The highest BCUT2D eigenvalue weighted by atomic mass is 32.1. The summed E-state index contributed by atoms with van der Waals surface area (Å²) in [5.41, 5.74) is 5.63. The van der Waals surface area contributed by atoms with Crippen LogP contribution in [-0.4, -0.2) is 20.1 Å². The molecule has 0 bridgehead atoms. The second kappa shape index (κ2) is 3.46. The molecule has 3 aromatic heterocycles. The van der Waals surface area contributed by atoms with Gasteiger partial charge in [0.2, 0.25) is 5.82 Å². The highest BCUT2D eigenvalue weighted by molar-refractivity contribution is 7.19. The van der Waals surface area contributed by atoms with Crippen molar-refractivity contribution in [3.8, 4) is 22.4 Å². The number of imidazole rings is 1. The van der Waals surface area contributed by atoms with E-state index >= 15 is 0 Å². The smallest absolute Gasteiger partial charge is 0.268 e. The zero-order valence-corrected chi connectivity index (χ0v) is 8.86. The molecular weight excluding hydrogens is 226 g/mol. The molecule has 3 aromatic rings. The molecule has 6 nitrogen and oxygen atoms in total. The maximum Gasteiger partial charge on any atom is 0.268 e. The van der Waals surface area contributed by atoms with E-state index in [1.807, 2.05) is 6.07 Å². The fourth-order valence-corrected chi connectivity index (χ4v) is 1.97. The molecule has 7 heteroatoms. The number of rotatable bonds is 2. The van der Waals surface area contributed by atoms with Crippen molar-refractivity contribution in [1.82, 2.24) is 20.1 Å². The molecule has 16 heavy (non-hydrogen) atoms. The van der Waals surface area contributed by atoms with Gasteiger partial charge in [0, 0.05) is 12.4 Å². The number of H-pyrrole nitrogens is 1. The average Bonchev–Trinajstić information content (AvgIpc) is 2.97. The van der Waals surface area contributed by atoms with Crippen LogP contribution in [0.2, 0.25) is 0 Å². The Bertz CT molecular complexity index is 597. The molecule has 0 aliphatic rings. The van der Waals surface area contributed by atoms with Crippen LogP contribution in [0.25, 0.3) is 22.4 Å². The summed E-state index contributed by atoms with van der Waals surface area (Å²) in [6.45, 7) is 0. The number of nitrogens with two attached hydrogens (primary N) is 1. The number of hydrogen-bond donors (Lipinski definition) is 2. The van der Waals surface area contributed by atoms with Crippen molar-refractivity contribution in [2.45, 2.75) is 0 Å². The Labute approximate surface area is 94.1 Å². The minimum absolute atomic E-state index is 0.437. The van der Waals surface area contributed by atoms with Crippen molar-refractivity contribution in [1.29, 1.82) is 0 Å². The molecule has 0 saturated carbocycles. The quantitative estimate of drug-likeness (QED) is 0.703. The van der Waals surface area contributed by atoms with Crippen LogP contribution in [0.4, 0.5) is 5.00 Å². The van der Waals surface area contributed by atoms with E-state index in [0.717, 1.165) is 4.88 Å². The summed E-state index contributed by atoms with van der Waals surface area (Å²) in [6, 6.07) is 3.65. The average molecular weight is 233 g/mol. The van der Waals surface area contributed by atoms with Crippen LogP contribution in [0, 0.1) is 0 Å². The summed E-state index contributed by atoms with van der Waals surface area (Å²) >= 11 is 1.40. The van der Waals surface area contributed by atoms with Gasteiger partial charge in [0.1, 0.15) is 0 Å². The maximum atomic E-state index is 5.63. The van der Waals surface area contributed by atoms with E-state index < -0.39 is 0 Å². The molecule has 0 spiro atoms. The first kappa shape index (κ1) is 9.10. The third kappa shape index (κ3) is 1.47. The minimum Gasteiger partial charge on any atom is -0.391 e. The van der Waals surface area contributed by atoms with Crippen molar-refractivity contribution in [3.63, 3.8) is 0 Å². The summed E-state index contributed by atoms with van der Waals surface area (Å²) in [5, 5.41) is 4.55. The second-order valence-corrected chi connectivity index (χ2v) is 4.18. The third-order valence-corrected chi connectivity index (χ3v) is 2.88. The molecule has 3 rings (SSSR count). The first-order valence-corrected chi connectivity index (χ1v) is 5.34. The van der Waals surface area contributed by atoms with E-state index in [4.69, 9.17) is 10.3 Å². The number of aromatic amines is 1. The summed E-state index contributed by atoms with van der Waals surface area (Å²) < 4.78 is 5.12. The topological polar surface area (TPSA) is 93.6 Å². The minimum atomic E-state index is 0.437. The Hall–Kier alpha value is -2.15. The zero-order chi connectivity index (χ0) is 11.0. The summed E-state index contributed by atoms with van der Waals surface area (Å²) in [6.07, 6.45) is 3.34. The fourth-order valence-electron chi connectivity index (χ4n) is 1.28. The normalized spacial score (nSPS) is 10.8. The zero-order valence-electron chi connectivity index (χ0n) is 8.04. The monoisotopic (exact) mass is 233 g/mol. The fraction of sp³-hybridized carbons (Fsp3) is 0. The predicted octanol–water partition coefficient (Wildman–Crippen LogP) is 1.77. The molecule has 0 unspecified atom stereocenters. The van der Waals surface area contributed by atoms with E-state index in [1.54, 1.807) is 18.5 Å². The lowest BCUT2D eigenvalue weighted by molar-refractivity contribution is 0.433. The van der Waals surface area contributed by atoms with Crippen LogP contribution in [0.5, 0.6) is 0 Å². The van der Waals surface area contributed by atoms with Gasteiger partial charge in [0.05, 0.1) is 9.88 Å². The number of thiophene rings is 1. The van der Waals surface area contributed by atoms with Gasteiger partial charge >= 0.3 is 0 Å². The van der Waals surface area contributed by atoms with Gasteiger partial charge in [0.25, 0.3) is 5.89 Å². The Morgan fingerprint density at radius 3 is 3.00 bits per heavy atom. The highest BCUT2D eigenvalue weighted by Crippen LogP contribution is 2.28. The van der Waals surface area contributed by atoms with Crippen LogP contribution in [0.15, 0.2) is 29.0 Å². The molecule has 0 fully saturated rings. The summed E-state index contributed by atoms with van der Waals surface area (Å²) in [7, 11) is 0. The Morgan fingerprint density at radius 1 is 1.38 bits per heavy atom. The number of hydrogen-bond acceptors (Lipinski definition) is 6. The molecule has 0 aromatic carbocycles. The van der Waals surface area contributed by atoms with Crippen LogP contribution in [0.3, 0.4) is 0 Å². The molecule has 3 heterocycles. The van der Waals surface area contributed by atoms with E-state index in [0.29, 0.717) is 22.5 Å². The molecule has 0 aliphatic heterocycles. The molecule has 0 aliphatic carbocycles. The lowest BCUT2D eigenvalue weighted by Gasteiger charge is -1.84. The Balaban J connectivity index is 2.00. The van der Waals surface area contributed by atoms with Crippen molar-refractivity contribution in [3.05, 3.63) is 24.5 Å². The first-order chi connectivity index (χ1) is 7.83. The van der Waals surface area contributed by atoms with Gasteiger partial charge in [-0.2, -0.15) is 4.98 Å². The number of nitrogens with one attached hydrogen (secondary N) is 1. The molecule has 0 saturated heterocycles. The summed E-state index contributed by atoms with van der Waals surface area (Å²) in [5.74, 6) is 1.47. The summed E-state index contributed by atoms with van der Waals surface area (Å²) in [4.78, 5) is 12.0. The number of aromatic nitrogens is 4. The predicted molar refractivity (Wildman–Crippen MR) is 59.6 cm³/mol. The second-order valence-electron chi connectivity index (χ2n) is 3.06. The lowest BCUT2D eigenvalue weighted by Crippen LogP contribution is -1.82. The molecule has 0 amide bonds. The molecule has 0 atom stereocenters. The van der Waals surface area contributed by atoms with E-state index in [2.05, 4.69) is 20.1 Å². The Kier molecular flexibility index (Phi) is 1.97. The lowest BCUT2D eigenvalue weighted by atomic mass is 10.4. The van der Waals surface area contributed by atoms with Crippen LogP contribution in [0.1, 0.15) is 0 Å². The highest BCUT2D eigenvalue weighted by Gasteiger charge is 2.13.